The zero-order chi connectivity index (χ0) is 13.2. The molecule has 2 rings (SSSR count). The molecule has 0 bridgehead atoms. The van der Waals surface area contributed by atoms with Crippen LogP contribution in [0.2, 0.25) is 10.0 Å². The molecule has 1 aromatic rings. The average molecular weight is 289 g/mol. The maximum absolute atomic E-state index is 11.4. The topological polar surface area (TPSA) is 35.5 Å². The molecule has 1 fully saturated rings. The highest BCUT2D eigenvalue weighted by molar-refractivity contribution is 6.34. The van der Waals surface area contributed by atoms with Crippen LogP contribution in [0.5, 0.6) is 5.75 Å². The van der Waals surface area contributed by atoms with Gasteiger partial charge in [-0.2, -0.15) is 0 Å². The predicted molar refractivity (Wildman–Crippen MR) is 70.3 cm³/mol. The van der Waals surface area contributed by atoms with Gasteiger partial charge in [-0.15, -0.1) is 0 Å². The van der Waals surface area contributed by atoms with E-state index in [0.717, 1.165) is 19.3 Å². The molecule has 18 heavy (non-hydrogen) atoms. The second-order valence-corrected chi connectivity index (χ2v) is 5.37. The van der Waals surface area contributed by atoms with Gasteiger partial charge in [-0.05, 0) is 37.5 Å². The number of esters is 1. The highest BCUT2D eigenvalue weighted by atomic mass is 35.5. The Hall–Kier alpha value is -0.930. The van der Waals surface area contributed by atoms with Crippen molar-refractivity contribution in [3.05, 3.63) is 28.2 Å². The first-order chi connectivity index (χ1) is 8.53. The van der Waals surface area contributed by atoms with Crippen molar-refractivity contribution < 1.29 is 14.3 Å². The lowest BCUT2D eigenvalue weighted by Crippen LogP contribution is -2.45. The average Bonchev–Trinajstić information content (AvgIpc) is 2.24. The number of ether oxygens (including phenoxy) is 2. The standard InChI is InChI=1S/C13H14Cl2O3/c1-17-12(16)8-13(3-2-4-13)18-11-6-9(14)5-10(15)7-11/h5-7H,2-4,8H2,1H3. The Morgan fingerprint density at radius 2 is 1.89 bits per heavy atom. The molecule has 0 aliphatic heterocycles. The van der Waals surface area contributed by atoms with E-state index in [1.54, 1.807) is 18.2 Å². The summed E-state index contributed by atoms with van der Waals surface area (Å²) >= 11 is 11.8. The van der Waals surface area contributed by atoms with Crippen LogP contribution in [-0.4, -0.2) is 18.7 Å². The zero-order valence-corrected chi connectivity index (χ0v) is 11.6. The van der Waals surface area contributed by atoms with Crippen molar-refractivity contribution in [3.8, 4) is 5.75 Å². The quantitative estimate of drug-likeness (QED) is 0.790. The number of hydrogen-bond acceptors (Lipinski definition) is 3. The van der Waals surface area contributed by atoms with Gasteiger partial charge in [0.05, 0.1) is 13.5 Å². The van der Waals surface area contributed by atoms with Crippen LogP contribution < -0.4 is 4.74 Å². The maximum Gasteiger partial charge on any atom is 0.309 e. The zero-order valence-electron chi connectivity index (χ0n) is 10.0. The van der Waals surface area contributed by atoms with E-state index in [4.69, 9.17) is 32.7 Å². The summed E-state index contributed by atoms with van der Waals surface area (Å²) in [6, 6.07) is 5.04. The molecule has 0 spiro atoms. The molecular weight excluding hydrogens is 275 g/mol. The summed E-state index contributed by atoms with van der Waals surface area (Å²) in [5.74, 6) is 0.332. The molecule has 1 aromatic carbocycles. The van der Waals surface area contributed by atoms with Crippen LogP contribution in [-0.2, 0) is 9.53 Å². The molecule has 98 valence electrons. The van der Waals surface area contributed by atoms with Crippen LogP contribution in [0.3, 0.4) is 0 Å². The van der Waals surface area contributed by atoms with Crippen molar-refractivity contribution in [1.82, 2.24) is 0 Å². The summed E-state index contributed by atoms with van der Waals surface area (Å²) in [5.41, 5.74) is -0.457. The van der Waals surface area contributed by atoms with Crippen molar-refractivity contribution in [2.75, 3.05) is 7.11 Å². The van der Waals surface area contributed by atoms with E-state index in [1.165, 1.54) is 7.11 Å². The fourth-order valence-electron chi connectivity index (χ4n) is 2.06. The molecule has 0 radical (unpaired) electrons. The summed E-state index contributed by atoms with van der Waals surface area (Å²) in [6.07, 6.45) is 2.98. The van der Waals surface area contributed by atoms with Crippen LogP contribution in [0.25, 0.3) is 0 Å². The molecule has 1 aliphatic carbocycles. The minimum absolute atomic E-state index is 0.258. The molecule has 5 heteroatoms. The highest BCUT2D eigenvalue weighted by Gasteiger charge is 2.41. The Balaban J connectivity index is 2.12. The number of hydrogen-bond donors (Lipinski definition) is 0. The molecule has 0 unspecified atom stereocenters. The van der Waals surface area contributed by atoms with Gasteiger partial charge >= 0.3 is 5.97 Å². The van der Waals surface area contributed by atoms with E-state index in [-0.39, 0.29) is 12.4 Å². The van der Waals surface area contributed by atoms with E-state index in [0.29, 0.717) is 15.8 Å². The Morgan fingerprint density at radius 1 is 1.28 bits per heavy atom. The molecule has 3 nitrogen and oxygen atoms in total. The Morgan fingerprint density at radius 3 is 2.33 bits per heavy atom. The predicted octanol–water partition coefficient (Wildman–Crippen LogP) is 3.86. The Bertz CT molecular complexity index is 435. The van der Waals surface area contributed by atoms with Gasteiger partial charge in [0.15, 0.2) is 0 Å². The lowest BCUT2D eigenvalue weighted by atomic mass is 9.77. The second-order valence-electron chi connectivity index (χ2n) is 4.50. The number of halogens is 2. The fourth-order valence-corrected chi connectivity index (χ4v) is 2.56. The van der Waals surface area contributed by atoms with Gasteiger partial charge in [-0.3, -0.25) is 4.79 Å². The van der Waals surface area contributed by atoms with Gasteiger partial charge in [0, 0.05) is 10.0 Å². The molecule has 0 atom stereocenters. The number of methoxy groups -OCH3 is 1. The Labute approximate surface area is 116 Å². The van der Waals surface area contributed by atoms with Crippen LogP contribution >= 0.6 is 23.2 Å². The fraction of sp³-hybridized carbons (Fsp3) is 0.462. The van der Waals surface area contributed by atoms with E-state index < -0.39 is 5.60 Å². The minimum atomic E-state index is -0.457. The maximum atomic E-state index is 11.4. The largest absolute Gasteiger partial charge is 0.487 e. The summed E-state index contributed by atoms with van der Waals surface area (Å²) < 4.78 is 10.6. The van der Waals surface area contributed by atoms with Gasteiger partial charge in [-0.1, -0.05) is 23.2 Å². The molecule has 0 saturated heterocycles. The van der Waals surface area contributed by atoms with Gasteiger partial charge in [0.2, 0.25) is 0 Å². The van der Waals surface area contributed by atoms with Gasteiger partial charge in [0.1, 0.15) is 11.4 Å². The summed E-state index contributed by atoms with van der Waals surface area (Å²) in [4.78, 5) is 11.4. The summed E-state index contributed by atoms with van der Waals surface area (Å²) in [5, 5.41) is 1.04. The van der Waals surface area contributed by atoms with Crippen molar-refractivity contribution in [1.29, 1.82) is 0 Å². The first kappa shape index (κ1) is 13.5. The highest BCUT2D eigenvalue weighted by Crippen LogP contribution is 2.40. The van der Waals surface area contributed by atoms with Crippen molar-refractivity contribution in [2.45, 2.75) is 31.3 Å². The first-order valence-electron chi connectivity index (χ1n) is 5.75. The van der Waals surface area contributed by atoms with E-state index >= 15 is 0 Å². The third-order valence-electron chi connectivity index (χ3n) is 3.13. The first-order valence-corrected chi connectivity index (χ1v) is 6.50. The third kappa shape index (κ3) is 3.09. The van der Waals surface area contributed by atoms with Gasteiger partial charge in [-0.25, -0.2) is 0 Å². The van der Waals surface area contributed by atoms with Crippen LogP contribution in [0, 0.1) is 0 Å². The number of carbonyl (C=O) groups is 1. The molecule has 0 N–H and O–H groups in total. The Kier molecular flexibility index (Phi) is 4.03. The molecule has 0 heterocycles. The number of carbonyl (C=O) groups excluding carboxylic acids is 1. The number of benzene rings is 1. The smallest absolute Gasteiger partial charge is 0.309 e. The molecule has 0 amide bonds. The van der Waals surface area contributed by atoms with Crippen molar-refractivity contribution >= 4 is 29.2 Å². The van der Waals surface area contributed by atoms with E-state index in [9.17, 15) is 4.79 Å². The third-order valence-corrected chi connectivity index (χ3v) is 3.57. The van der Waals surface area contributed by atoms with Crippen LogP contribution in [0.4, 0.5) is 0 Å². The minimum Gasteiger partial charge on any atom is -0.487 e. The second kappa shape index (κ2) is 5.37. The van der Waals surface area contributed by atoms with E-state index in [1.807, 2.05) is 0 Å². The van der Waals surface area contributed by atoms with Crippen LogP contribution in [0.1, 0.15) is 25.7 Å². The summed E-state index contributed by atoms with van der Waals surface area (Å²) in [7, 11) is 1.38. The monoisotopic (exact) mass is 288 g/mol. The molecular formula is C13H14Cl2O3. The van der Waals surface area contributed by atoms with Gasteiger partial charge in [0.25, 0.3) is 0 Å². The van der Waals surface area contributed by atoms with Crippen molar-refractivity contribution in [2.24, 2.45) is 0 Å². The number of rotatable bonds is 4. The summed E-state index contributed by atoms with van der Waals surface area (Å²) in [6.45, 7) is 0. The molecule has 1 aliphatic rings. The van der Waals surface area contributed by atoms with E-state index in [2.05, 4.69) is 0 Å². The lowest BCUT2D eigenvalue weighted by Gasteiger charge is -2.41. The van der Waals surface area contributed by atoms with Crippen LogP contribution in [0.15, 0.2) is 18.2 Å². The SMILES string of the molecule is COC(=O)CC1(Oc2cc(Cl)cc(Cl)c2)CCC1. The van der Waals surface area contributed by atoms with Crippen molar-refractivity contribution in [3.63, 3.8) is 0 Å². The normalized spacial score (nSPS) is 16.8. The molecule has 0 aromatic heterocycles. The van der Waals surface area contributed by atoms with Gasteiger partial charge < -0.3 is 9.47 Å². The molecule has 1 saturated carbocycles. The lowest BCUT2D eigenvalue weighted by molar-refractivity contribution is -0.148.